The van der Waals surface area contributed by atoms with Gasteiger partial charge in [0.25, 0.3) is 0 Å². The van der Waals surface area contributed by atoms with Gasteiger partial charge in [-0.3, -0.25) is 0 Å². The molecule has 0 fully saturated rings. The zero-order chi connectivity index (χ0) is 14.6. The quantitative estimate of drug-likeness (QED) is 0.791. The SMILES string of the molecule is CCC(CC)C(O)CNS(=O)(=O)c1c(C)noc1C. The van der Waals surface area contributed by atoms with Crippen molar-refractivity contribution in [3.8, 4) is 0 Å². The fourth-order valence-corrected chi connectivity index (χ4v) is 3.50. The molecule has 0 saturated carbocycles. The van der Waals surface area contributed by atoms with E-state index in [1.54, 1.807) is 13.8 Å². The highest BCUT2D eigenvalue weighted by molar-refractivity contribution is 7.89. The molecular formula is C12H22N2O4S. The van der Waals surface area contributed by atoms with Gasteiger partial charge in [0.15, 0.2) is 5.76 Å². The molecular weight excluding hydrogens is 268 g/mol. The van der Waals surface area contributed by atoms with E-state index in [0.717, 1.165) is 12.8 Å². The van der Waals surface area contributed by atoms with Gasteiger partial charge in [-0.1, -0.05) is 31.8 Å². The number of rotatable bonds is 7. The maximum absolute atomic E-state index is 12.1. The molecule has 1 rings (SSSR count). The van der Waals surface area contributed by atoms with Crippen LogP contribution in [0.5, 0.6) is 0 Å². The minimum Gasteiger partial charge on any atom is -0.391 e. The summed E-state index contributed by atoms with van der Waals surface area (Å²) in [7, 11) is -3.69. The summed E-state index contributed by atoms with van der Waals surface area (Å²) in [5.41, 5.74) is 0.321. The zero-order valence-electron chi connectivity index (χ0n) is 11.8. The van der Waals surface area contributed by atoms with Gasteiger partial charge in [-0.2, -0.15) is 0 Å². The predicted octanol–water partition coefficient (Wildman–Crippen LogP) is 1.37. The van der Waals surface area contributed by atoms with Crippen LogP contribution in [0.4, 0.5) is 0 Å². The number of hydrogen-bond acceptors (Lipinski definition) is 5. The topological polar surface area (TPSA) is 92.4 Å². The van der Waals surface area contributed by atoms with E-state index >= 15 is 0 Å². The minimum atomic E-state index is -3.69. The molecule has 2 N–H and O–H groups in total. The largest absolute Gasteiger partial charge is 0.391 e. The van der Waals surface area contributed by atoms with Crippen molar-refractivity contribution in [1.82, 2.24) is 9.88 Å². The van der Waals surface area contributed by atoms with E-state index in [4.69, 9.17) is 4.52 Å². The number of aliphatic hydroxyl groups is 1. The molecule has 19 heavy (non-hydrogen) atoms. The summed E-state index contributed by atoms with van der Waals surface area (Å²) < 4.78 is 31.5. The summed E-state index contributed by atoms with van der Waals surface area (Å²) in [4.78, 5) is 0.0595. The van der Waals surface area contributed by atoms with Crippen LogP contribution in [0.3, 0.4) is 0 Å². The Bertz CT molecular complexity index is 486. The lowest BCUT2D eigenvalue weighted by atomic mass is 9.97. The smallest absolute Gasteiger partial charge is 0.246 e. The fourth-order valence-electron chi connectivity index (χ4n) is 2.13. The number of aryl methyl sites for hydroxylation is 2. The average molecular weight is 290 g/mol. The lowest BCUT2D eigenvalue weighted by molar-refractivity contribution is 0.107. The first-order valence-corrected chi connectivity index (χ1v) is 7.92. The Balaban J connectivity index is 2.77. The van der Waals surface area contributed by atoms with Gasteiger partial charge >= 0.3 is 0 Å². The Labute approximate surface area is 114 Å². The molecule has 0 spiro atoms. The van der Waals surface area contributed by atoms with Crippen LogP contribution in [0.15, 0.2) is 9.42 Å². The second-order valence-corrected chi connectivity index (χ2v) is 6.35. The Morgan fingerprint density at radius 1 is 1.32 bits per heavy atom. The van der Waals surface area contributed by atoms with Crippen molar-refractivity contribution in [2.75, 3.05) is 6.54 Å². The van der Waals surface area contributed by atoms with E-state index < -0.39 is 16.1 Å². The van der Waals surface area contributed by atoms with Crippen molar-refractivity contribution in [3.05, 3.63) is 11.5 Å². The summed E-state index contributed by atoms with van der Waals surface area (Å²) in [6.07, 6.45) is 0.931. The van der Waals surface area contributed by atoms with Gasteiger partial charge in [0, 0.05) is 6.54 Å². The highest BCUT2D eigenvalue weighted by Crippen LogP contribution is 2.19. The Kier molecular flexibility index (Phi) is 5.51. The molecule has 0 aliphatic heterocycles. The molecule has 6 nitrogen and oxygen atoms in total. The zero-order valence-corrected chi connectivity index (χ0v) is 12.6. The van der Waals surface area contributed by atoms with Crippen molar-refractivity contribution >= 4 is 10.0 Å². The van der Waals surface area contributed by atoms with Crippen LogP contribution in [-0.4, -0.2) is 31.3 Å². The van der Waals surface area contributed by atoms with E-state index in [2.05, 4.69) is 9.88 Å². The highest BCUT2D eigenvalue weighted by Gasteiger charge is 2.25. The van der Waals surface area contributed by atoms with Gasteiger partial charge in [0.1, 0.15) is 10.6 Å². The Hall–Kier alpha value is -0.920. The third kappa shape index (κ3) is 3.77. The molecule has 1 aromatic heterocycles. The molecule has 0 aliphatic rings. The van der Waals surface area contributed by atoms with E-state index in [0.29, 0.717) is 5.69 Å². The monoisotopic (exact) mass is 290 g/mol. The van der Waals surface area contributed by atoms with Gasteiger partial charge in [0.2, 0.25) is 10.0 Å². The molecule has 0 amide bonds. The molecule has 1 aromatic rings. The standard InChI is InChI=1S/C12H22N2O4S/c1-5-10(6-2)11(15)7-13-19(16,17)12-8(3)14-18-9(12)4/h10-11,13,15H,5-7H2,1-4H3. The Morgan fingerprint density at radius 2 is 1.89 bits per heavy atom. The summed E-state index contributed by atoms with van der Waals surface area (Å²) >= 11 is 0. The Morgan fingerprint density at radius 3 is 2.32 bits per heavy atom. The first-order valence-electron chi connectivity index (χ1n) is 6.44. The van der Waals surface area contributed by atoms with Gasteiger partial charge in [-0.15, -0.1) is 0 Å². The minimum absolute atomic E-state index is 0.00125. The maximum atomic E-state index is 12.1. The summed E-state index contributed by atoms with van der Waals surface area (Å²) in [6, 6.07) is 0. The van der Waals surface area contributed by atoms with Crippen LogP contribution >= 0.6 is 0 Å². The number of aromatic nitrogens is 1. The molecule has 0 aromatic carbocycles. The summed E-state index contributed by atoms with van der Waals surface area (Å²) in [6.45, 7) is 7.06. The molecule has 1 heterocycles. The maximum Gasteiger partial charge on any atom is 0.246 e. The molecule has 1 unspecified atom stereocenters. The van der Waals surface area contributed by atoms with E-state index in [9.17, 15) is 13.5 Å². The van der Waals surface area contributed by atoms with Gasteiger partial charge < -0.3 is 9.63 Å². The molecule has 0 bridgehead atoms. The molecule has 7 heteroatoms. The average Bonchev–Trinajstić information content (AvgIpc) is 2.69. The van der Waals surface area contributed by atoms with Crippen LogP contribution in [-0.2, 0) is 10.0 Å². The van der Waals surface area contributed by atoms with E-state index in [1.807, 2.05) is 13.8 Å². The number of nitrogens with zero attached hydrogens (tertiary/aromatic N) is 1. The molecule has 0 saturated heterocycles. The van der Waals surface area contributed by atoms with Crippen LogP contribution in [0.1, 0.15) is 38.1 Å². The van der Waals surface area contributed by atoms with Crippen LogP contribution in [0, 0.1) is 19.8 Å². The van der Waals surface area contributed by atoms with Crippen LogP contribution in [0.25, 0.3) is 0 Å². The van der Waals surface area contributed by atoms with E-state index in [1.165, 1.54) is 0 Å². The van der Waals surface area contributed by atoms with Crippen molar-refractivity contribution < 1.29 is 18.0 Å². The number of sulfonamides is 1. The predicted molar refractivity (Wildman–Crippen MR) is 71.2 cm³/mol. The number of aliphatic hydroxyl groups excluding tert-OH is 1. The lowest BCUT2D eigenvalue weighted by Gasteiger charge is -2.20. The van der Waals surface area contributed by atoms with Crippen molar-refractivity contribution in [2.24, 2.45) is 5.92 Å². The van der Waals surface area contributed by atoms with Crippen LogP contribution in [0.2, 0.25) is 0 Å². The van der Waals surface area contributed by atoms with Crippen molar-refractivity contribution in [3.63, 3.8) is 0 Å². The third-order valence-electron chi connectivity index (χ3n) is 3.31. The lowest BCUT2D eigenvalue weighted by Crippen LogP contribution is -2.36. The van der Waals surface area contributed by atoms with Gasteiger partial charge in [-0.25, -0.2) is 13.1 Å². The van der Waals surface area contributed by atoms with Gasteiger partial charge in [0.05, 0.1) is 6.10 Å². The van der Waals surface area contributed by atoms with Crippen molar-refractivity contribution in [2.45, 2.75) is 51.5 Å². The fraction of sp³-hybridized carbons (Fsp3) is 0.750. The number of hydrogen-bond donors (Lipinski definition) is 2. The number of nitrogens with one attached hydrogen (secondary N) is 1. The normalized spacial score (nSPS) is 14.0. The summed E-state index contributed by atoms with van der Waals surface area (Å²) in [5.74, 6) is 0.342. The van der Waals surface area contributed by atoms with Crippen LogP contribution < -0.4 is 4.72 Å². The van der Waals surface area contributed by atoms with E-state index in [-0.39, 0.29) is 23.1 Å². The second kappa shape index (κ2) is 6.49. The molecule has 0 radical (unpaired) electrons. The highest BCUT2D eigenvalue weighted by atomic mass is 32.2. The summed E-state index contributed by atoms with van der Waals surface area (Å²) in [5, 5.41) is 13.6. The second-order valence-electron chi connectivity index (χ2n) is 4.65. The molecule has 0 aliphatic carbocycles. The molecule has 1 atom stereocenters. The molecule has 110 valence electrons. The van der Waals surface area contributed by atoms with Gasteiger partial charge in [-0.05, 0) is 19.8 Å². The van der Waals surface area contributed by atoms with Crippen molar-refractivity contribution in [1.29, 1.82) is 0 Å². The first kappa shape index (κ1) is 16.1. The third-order valence-corrected chi connectivity index (χ3v) is 4.98. The first-order chi connectivity index (χ1) is 8.83.